The van der Waals surface area contributed by atoms with Crippen LogP contribution in [0.3, 0.4) is 0 Å². The lowest BCUT2D eigenvalue weighted by molar-refractivity contribution is -0.266. The van der Waals surface area contributed by atoms with Gasteiger partial charge in [-0.15, -0.1) is 0 Å². The van der Waals surface area contributed by atoms with Crippen LogP contribution in [0.25, 0.3) is 10.8 Å². The van der Waals surface area contributed by atoms with E-state index in [1.54, 1.807) is 7.11 Å². The van der Waals surface area contributed by atoms with Crippen LogP contribution in [-0.4, -0.2) is 30.9 Å². The Morgan fingerprint density at radius 1 is 1.09 bits per heavy atom. The molecule has 0 unspecified atom stereocenters. The van der Waals surface area contributed by atoms with Gasteiger partial charge in [-0.1, -0.05) is 72.8 Å². The van der Waals surface area contributed by atoms with E-state index in [0.29, 0.717) is 12.0 Å². The Kier molecular flexibility index (Phi) is 5.34. The van der Waals surface area contributed by atoms with Crippen molar-refractivity contribution in [1.82, 2.24) is 4.90 Å². The lowest BCUT2D eigenvalue weighted by atomic mass is 9.71. The zero-order valence-electron chi connectivity index (χ0n) is 18.2. The molecule has 0 radical (unpaired) electrons. The second kappa shape index (κ2) is 8.31. The standard InChI is InChI=1S/C27H27N3O2/c1-31-27-13-14-30(17-19-7-3-2-4-8-19)18-24(27)25(23(16-28)26(29)32-27)22-12-11-20-9-5-6-10-21(20)15-22/h2-12,15,24-25H,13-14,17-18,29H2,1H3/t24-,25+,27+/m0/s1. The van der Waals surface area contributed by atoms with Crippen molar-refractivity contribution in [2.75, 3.05) is 20.2 Å². The molecule has 0 bridgehead atoms. The summed E-state index contributed by atoms with van der Waals surface area (Å²) >= 11 is 0. The average Bonchev–Trinajstić information content (AvgIpc) is 2.84. The topological polar surface area (TPSA) is 71.5 Å². The number of benzene rings is 3. The summed E-state index contributed by atoms with van der Waals surface area (Å²) in [4.78, 5) is 2.42. The van der Waals surface area contributed by atoms with Crippen molar-refractivity contribution in [3.63, 3.8) is 0 Å². The van der Waals surface area contributed by atoms with Crippen LogP contribution in [0, 0.1) is 17.2 Å². The number of fused-ring (bicyclic) bond motifs is 2. The zero-order valence-corrected chi connectivity index (χ0v) is 18.2. The van der Waals surface area contributed by atoms with Crippen LogP contribution in [0.15, 0.2) is 84.3 Å². The largest absolute Gasteiger partial charge is 0.446 e. The number of nitrogens with zero attached hydrogens (tertiary/aromatic N) is 2. The molecule has 0 saturated carbocycles. The Morgan fingerprint density at radius 3 is 2.59 bits per heavy atom. The number of piperidine rings is 1. The van der Waals surface area contributed by atoms with Gasteiger partial charge in [0.15, 0.2) is 0 Å². The van der Waals surface area contributed by atoms with Crippen LogP contribution < -0.4 is 5.73 Å². The van der Waals surface area contributed by atoms with Gasteiger partial charge in [0.1, 0.15) is 6.07 Å². The summed E-state index contributed by atoms with van der Waals surface area (Å²) < 4.78 is 12.2. The molecule has 0 aromatic heterocycles. The Hall–Kier alpha value is -3.33. The highest BCUT2D eigenvalue weighted by Crippen LogP contribution is 2.49. The lowest BCUT2D eigenvalue weighted by Crippen LogP contribution is -2.58. The Bertz CT molecular complexity index is 1200. The van der Waals surface area contributed by atoms with Gasteiger partial charge in [-0.3, -0.25) is 4.90 Å². The van der Waals surface area contributed by atoms with Crippen molar-refractivity contribution in [3.05, 3.63) is 95.4 Å². The van der Waals surface area contributed by atoms with Crippen LogP contribution in [0.2, 0.25) is 0 Å². The molecule has 5 rings (SSSR count). The maximum Gasteiger partial charge on any atom is 0.218 e. The molecule has 3 aromatic rings. The van der Waals surface area contributed by atoms with E-state index in [1.165, 1.54) is 10.9 Å². The summed E-state index contributed by atoms with van der Waals surface area (Å²) in [5.74, 6) is -0.918. The summed E-state index contributed by atoms with van der Waals surface area (Å²) in [5.41, 5.74) is 9.12. The highest BCUT2D eigenvalue weighted by Gasteiger charge is 2.54. The Labute approximate surface area is 188 Å². The van der Waals surface area contributed by atoms with Gasteiger partial charge >= 0.3 is 0 Å². The van der Waals surface area contributed by atoms with Gasteiger partial charge in [-0.2, -0.15) is 5.26 Å². The third-order valence-electron chi connectivity index (χ3n) is 6.91. The predicted molar refractivity (Wildman–Crippen MR) is 124 cm³/mol. The molecule has 3 aromatic carbocycles. The number of hydrogen-bond acceptors (Lipinski definition) is 5. The lowest BCUT2D eigenvalue weighted by Gasteiger charge is -2.51. The van der Waals surface area contributed by atoms with Crippen molar-refractivity contribution in [2.24, 2.45) is 11.7 Å². The number of likely N-dealkylation sites (tertiary alicyclic amines) is 1. The Balaban J connectivity index is 1.56. The number of nitriles is 1. The minimum atomic E-state index is -0.839. The summed E-state index contributed by atoms with van der Waals surface area (Å²) in [6.45, 7) is 2.43. The van der Waals surface area contributed by atoms with Gasteiger partial charge in [0.2, 0.25) is 11.7 Å². The van der Waals surface area contributed by atoms with Gasteiger partial charge in [-0.25, -0.2) is 0 Å². The van der Waals surface area contributed by atoms with Crippen molar-refractivity contribution in [1.29, 1.82) is 5.26 Å². The van der Waals surface area contributed by atoms with E-state index in [2.05, 4.69) is 65.6 Å². The molecule has 162 valence electrons. The van der Waals surface area contributed by atoms with E-state index in [4.69, 9.17) is 15.2 Å². The number of nitrogens with two attached hydrogens (primary N) is 1. The maximum atomic E-state index is 10.0. The maximum absolute atomic E-state index is 10.0. The molecule has 1 saturated heterocycles. The van der Waals surface area contributed by atoms with Crippen molar-refractivity contribution >= 4 is 10.8 Å². The van der Waals surface area contributed by atoms with E-state index in [1.807, 2.05) is 18.2 Å². The number of methoxy groups -OCH3 is 1. The second-order valence-electron chi connectivity index (χ2n) is 8.67. The van der Waals surface area contributed by atoms with Crippen LogP contribution >= 0.6 is 0 Å². The molecule has 0 amide bonds. The second-order valence-corrected chi connectivity index (χ2v) is 8.67. The quantitative estimate of drug-likeness (QED) is 0.666. The van der Waals surface area contributed by atoms with Crippen LogP contribution in [0.4, 0.5) is 0 Å². The normalized spacial score (nSPS) is 25.8. The Morgan fingerprint density at radius 2 is 1.84 bits per heavy atom. The van der Waals surface area contributed by atoms with Crippen molar-refractivity contribution in [3.8, 4) is 6.07 Å². The first kappa shape index (κ1) is 20.6. The first-order valence-corrected chi connectivity index (χ1v) is 11.0. The average molecular weight is 426 g/mol. The molecule has 2 aliphatic rings. The first-order chi connectivity index (χ1) is 15.6. The molecule has 2 aliphatic heterocycles. The van der Waals surface area contributed by atoms with Crippen molar-refractivity contribution < 1.29 is 9.47 Å². The van der Waals surface area contributed by atoms with E-state index >= 15 is 0 Å². The highest BCUT2D eigenvalue weighted by atomic mass is 16.7. The molecule has 3 atom stereocenters. The van der Waals surface area contributed by atoms with E-state index in [9.17, 15) is 5.26 Å². The molecular weight excluding hydrogens is 398 g/mol. The number of ether oxygens (including phenoxy) is 2. The van der Waals surface area contributed by atoms with Gasteiger partial charge < -0.3 is 15.2 Å². The minimum absolute atomic E-state index is 0.0620. The monoisotopic (exact) mass is 425 g/mol. The SMILES string of the molecule is CO[C@@]12CCN(Cc3ccccc3)C[C@H]1[C@H](c1ccc3ccccc3c1)C(C#N)=C(N)O2. The van der Waals surface area contributed by atoms with Gasteiger partial charge in [0, 0.05) is 45.0 Å². The fraction of sp³-hybridized carbons (Fsp3) is 0.296. The van der Waals surface area contributed by atoms with Gasteiger partial charge in [-0.05, 0) is 21.9 Å². The van der Waals surface area contributed by atoms with Crippen LogP contribution in [0.1, 0.15) is 23.5 Å². The molecule has 32 heavy (non-hydrogen) atoms. The zero-order chi connectivity index (χ0) is 22.1. The molecular formula is C27H27N3O2. The number of hydrogen-bond donors (Lipinski definition) is 1. The first-order valence-electron chi connectivity index (χ1n) is 11.0. The third-order valence-corrected chi connectivity index (χ3v) is 6.91. The molecule has 0 aliphatic carbocycles. The van der Waals surface area contributed by atoms with Crippen LogP contribution in [0.5, 0.6) is 0 Å². The van der Waals surface area contributed by atoms with E-state index in [-0.39, 0.29) is 17.7 Å². The summed E-state index contributed by atoms with van der Waals surface area (Å²) in [5, 5.41) is 12.4. The minimum Gasteiger partial charge on any atom is -0.446 e. The molecule has 5 nitrogen and oxygen atoms in total. The summed E-state index contributed by atoms with van der Waals surface area (Å²) in [6.07, 6.45) is 0.685. The number of rotatable bonds is 4. The fourth-order valence-electron chi connectivity index (χ4n) is 5.29. The number of allylic oxidation sites excluding steroid dienone is 1. The summed E-state index contributed by atoms with van der Waals surface area (Å²) in [6, 6.07) is 27.5. The van der Waals surface area contributed by atoms with E-state index in [0.717, 1.165) is 30.6 Å². The third kappa shape index (κ3) is 3.52. The van der Waals surface area contributed by atoms with Gasteiger partial charge in [0.05, 0.1) is 5.57 Å². The summed E-state index contributed by atoms with van der Waals surface area (Å²) in [7, 11) is 1.68. The fourth-order valence-corrected chi connectivity index (χ4v) is 5.29. The molecule has 1 fully saturated rings. The highest BCUT2D eigenvalue weighted by molar-refractivity contribution is 5.83. The molecule has 0 spiro atoms. The predicted octanol–water partition coefficient (Wildman–Crippen LogP) is 4.51. The molecule has 2 N–H and O–H groups in total. The van der Waals surface area contributed by atoms with Gasteiger partial charge in [0.25, 0.3) is 0 Å². The van der Waals surface area contributed by atoms with E-state index < -0.39 is 5.79 Å². The van der Waals surface area contributed by atoms with Crippen LogP contribution in [-0.2, 0) is 16.0 Å². The molecule has 5 heteroatoms. The van der Waals surface area contributed by atoms with Crippen molar-refractivity contribution in [2.45, 2.75) is 24.7 Å². The molecule has 2 heterocycles. The smallest absolute Gasteiger partial charge is 0.218 e.